The zero-order valence-corrected chi connectivity index (χ0v) is 8.13. The van der Waals surface area contributed by atoms with Crippen LogP contribution in [0.2, 0.25) is 0 Å². The van der Waals surface area contributed by atoms with Gasteiger partial charge >= 0.3 is 5.97 Å². The van der Waals surface area contributed by atoms with Gasteiger partial charge in [-0.25, -0.2) is 0 Å². The first-order valence-corrected chi connectivity index (χ1v) is 4.61. The number of rotatable bonds is 2. The van der Waals surface area contributed by atoms with Gasteiger partial charge in [0.15, 0.2) is 0 Å². The van der Waals surface area contributed by atoms with Crippen LogP contribution in [0, 0.1) is 17.3 Å². The van der Waals surface area contributed by atoms with Gasteiger partial charge in [0, 0.05) is 0 Å². The molecule has 1 aliphatic carbocycles. The summed E-state index contributed by atoms with van der Waals surface area (Å²) in [6.07, 6.45) is 2.95. The normalized spacial score (nSPS) is 29.6. The molecule has 2 nitrogen and oxygen atoms in total. The second-order valence-electron chi connectivity index (χ2n) is 5.14. The zero-order valence-electron chi connectivity index (χ0n) is 8.13. The molecule has 12 heavy (non-hydrogen) atoms. The summed E-state index contributed by atoms with van der Waals surface area (Å²) in [6.45, 7) is 6.63. The zero-order chi connectivity index (χ0) is 9.35. The Kier molecular flexibility index (Phi) is 2.45. The molecule has 0 unspecified atom stereocenters. The van der Waals surface area contributed by atoms with E-state index < -0.39 is 5.97 Å². The third-order valence-corrected chi connectivity index (χ3v) is 2.49. The fraction of sp³-hybridized carbons (Fsp3) is 0.900. The average molecular weight is 170 g/mol. The molecule has 0 aliphatic heterocycles. The Morgan fingerprint density at radius 2 is 1.92 bits per heavy atom. The van der Waals surface area contributed by atoms with Crippen molar-refractivity contribution in [2.75, 3.05) is 0 Å². The fourth-order valence-electron chi connectivity index (χ4n) is 1.97. The summed E-state index contributed by atoms with van der Waals surface area (Å²) in [6, 6.07) is 0. The van der Waals surface area contributed by atoms with Crippen molar-refractivity contribution in [2.45, 2.75) is 40.0 Å². The van der Waals surface area contributed by atoms with E-state index in [-0.39, 0.29) is 5.92 Å². The number of carbonyl (C=O) groups is 1. The van der Waals surface area contributed by atoms with Crippen LogP contribution in [0.15, 0.2) is 0 Å². The minimum absolute atomic E-state index is 0.0441. The average Bonchev–Trinajstić information content (AvgIpc) is 1.74. The Balaban J connectivity index is 2.22. The molecule has 1 aliphatic rings. The molecule has 0 heterocycles. The Morgan fingerprint density at radius 1 is 1.42 bits per heavy atom. The molecule has 0 atom stereocenters. The first-order chi connectivity index (χ1) is 5.38. The van der Waals surface area contributed by atoms with Crippen LogP contribution < -0.4 is 0 Å². The molecule has 0 amide bonds. The molecule has 1 N–H and O–H groups in total. The van der Waals surface area contributed by atoms with Gasteiger partial charge in [-0.3, -0.25) is 4.79 Å². The third-order valence-electron chi connectivity index (χ3n) is 2.49. The predicted octanol–water partition coefficient (Wildman–Crippen LogP) is 2.53. The fourth-order valence-corrected chi connectivity index (χ4v) is 1.97. The Labute approximate surface area is 74.0 Å². The van der Waals surface area contributed by atoms with E-state index in [4.69, 9.17) is 5.11 Å². The number of hydrogen-bond acceptors (Lipinski definition) is 1. The number of hydrogen-bond donors (Lipinski definition) is 1. The van der Waals surface area contributed by atoms with Crippen LogP contribution in [0.1, 0.15) is 40.0 Å². The number of aliphatic carboxylic acids is 1. The van der Waals surface area contributed by atoms with Crippen LogP contribution in [-0.2, 0) is 4.79 Å². The van der Waals surface area contributed by atoms with Crippen LogP contribution in [0.3, 0.4) is 0 Å². The van der Waals surface area contributed by atoms with Crippen molar-refractivity contribution in [3.05, 3.63) is 0 Å². The van der Waals surface area contributed by atoms with Crippen molar-refractivity contribution in [1.82, 2.24) is 0 Å². The molecule has 2 heteroatoms. The highest BCUT2D eigenvalue weighted by Gasteiger charge is 2.36. The van der Waals surface area contributed by atoms with Crippen molar-refractivity contribution in [2.24, 2.45) is 17.3 Å². The lowest BCUT2D eigenvalue weighted by Crippen LogP contribution is -2.32. The molecular weight excluding hydrogens is 152 g/mol. The minimum atomic E-state index is -0.611. The maximum Gasteiger partial charge on any atom is 0.306 e. The van der Waals surface area contributed by atoms with Gasteiger partial charge in [0.2, 0.25) is 0 Å². The van der Waals surface area contributed by atoms with Gasteiger partial charge in [0.1, 0.15) is 0 Å². The van der Waals surface area contributed by atoms with Gasteiger partial charge in [-0.05, 0) is 30.6 Å². The van der Waals surface area contributed by atoms with E-state index in [2.05, 4.69) is 20.8 Å². The molecule has 1 rings (SSSR count). The van der Waals surface area contributed by atoms with Crippen molar-refractivity contribution < 1.29 is 9.90 Å². The van der Waals surface area contributed by atoms with Gasteiger partial charge in [-0.1, -0.05) is 20.8 Å². The monoisotopic (exact) mass is 170 g/mol. The highest BCUT2D eigenvalue weighted by atomic mass is 16.4. The minimum Gasteiger partial charge on any atom is -0.481 e. The van der Waals surface area contributed by atoms with Crippen LogP contribution in [0.4, 0.5) is 0 Å². The molecule has 0 saturated heterocycles. The van der Waals surface area contributed by atoms with Gasteiger partial charge in [-0.2, -0.15) is 0 Å². The van der Waals surface area contributed by atoms with E-state index in [1.165, 1.54) is 0 Å². The molecular formula is C10H18O2. The van der Waals surface area contributed by atoms with E-state index in [1.807, 2.05) is 0 Å². The Morgan fingerprint density at radius 3 is 2.25 bits per heavy atom. The molecule has 0 aromatic carbocycles. The molecule has 0 aromatic rings. The Bertz CT molecular complexity index is 173. The van der Waals surface area contributed by atoms with Gasteiger partial charge < -0.3 is 5.11 Å². The molecule has 0 bridgehead atoms. The SMILES string of the molecule is CC(C)(C)C[C@H]1C[C@@H](C(=O)O)C1. The van der Waals surface area contributed by atoms with Crippen molar-refractivity contribution >= 4 is 5.97 Å². The van der Waals surface area contributed by atoms with Crippen LogP contribution in [-0.4, -0.2) is 11.1 Å². The summed E-state index contributed by atoms with van der Waals surface area (Å²) in [7, 11) is 0. The number of carboxylic acid groups (broad SMARTS) is 1. The predicted molar refractivity (Wildman–Crippen MR) is 47.9 cm³/mol. The van der Waals surface area contributed by atoms with Gasteiger partial charge in [0.05, 0.1) is 5.92 Å². The molecule has 1 saturated carbocycles. The largest absolute Gasteiger partial charge is 0.481 e. The summed E-state index contributed by atoms with van der Waals surface area (Å²) < 4.78 is 0. The molecule has 0 aromatic heterocycles. The van der Waals surface area contributed by atoms with E-state index in [0.29, 0.717) is 11.3 Å². The van der Waals surface area contributed by atoms with E-state index >= 15 is 0 Å². The molecule has 0 radical (unpaired) electrons. The lowest BCUT2D eigenvalue weighted by atomic mass is 9.68. The van der Waals surface area contributed by atoms with E-state index in [0.717, 1.165) is 19.3 Å². The lowest BCUT2D eigenvalue weighted by molar-refractivity contribution is -0.146. The second-order valence-corrected chi connectivity index (χ2v) is 5.14. The van der Waals surface area contributed by atoms with E-state index in [9.17, 15) is 4.79 Å². The first kappa shape index (κ1) is 9.56. The second kappa shape index (κ2) is 3.08. The topological polar surface area (TPSA) is 37.3 Å². The standard InChI is InChI=1S/C10H18O2/c1-10(2,3)6-7-4-8(5-7)9(11)12/h7-8H,4-6H2,1-3H3,(H,11,12)/t7-,8+. The first-order valence-electron chi connectivity index (χ1n) is 4.61. The van der Waals surface area contributed by atoms with Crippen molar-refractivity contribution in [1.29, 1.82) is 0 Å². The van der Waals surface area contributed by atoms with E-state index in [1.54, 1.807) is 0 Å². The van der Waals surface area contributed by atoms with Crippen LogP contribution >= 0.6 is 0 Å². The lowest BCUT2D eigenvalue weighted by Gasteiger charge is -2.36. The van der Waals surface area contributed by atoms with Gasteiger partial charge in [0.25, 0.3) is 0 Å². The summed E-state index contributed by atoms with van der Waals surface area (Å²) in [5, 5.41) is 8.65. The maximum absolute atomic E-state index is 10.5. The van der Waals surface area contributed by atoms with Crippen molar-refractivity contribution in [3.63, 3.8) is 0 Å². The summed E-state index contributed by atoms with van der Waals surface area (Å²) >= 11 is 0. The summed E-state index contributed by atoms with van der Waals surface area (Å²) in [5.41, 5.74) is 0.355. The third kappa shape index (κ3) is 2.50. The smallest absolute Gasteiger partial charge is 0.306 e. The summed E-state index contributed by atoms with van der Waals surface area (Å²) in [5.74, 6) is 0.00334. The Hall–Kier alpha value is -0.530. The highest BCUT2D eigenvalue weighted by molar-refractivity contribution is 5.71. The summed E-state index contributed by atoms with van der Waals surface area (Å²) in [4.78, 5) is 10.5. The molecule has 0 spiro atoms. The van der Waals surface area contributed by atoms with Crippen LogP contribution in [0.5, 0.6) is 0 Å². The van der Waals surface area contributed by atoms with Crippen LogP contribution in [0.25, 0.3) is 0 Å². The molecule has 70 valence electrons. The maximum atomic E-state index is 10.5. The number of carboxylic acids is 1. The van der Waals surface area contributed by atoms with Crippen molar-refractivity contribution in [3.8, 4) is 0 Å². The highest BCUT2D eigenvalue weighted by Crippen LogP contribution is 2.41. The quantitative estimate of drug-likeness (QED) is 0.691. The van der Waals surface area contributed by atoms with Gasteiger partial charge in [-0.15, -0.1) is 0 Å². The molecule has 1 fully saturated rings.